The second kappa shape index (κ2) is 8.36. The maximum Gasteiger partial charge on any atom is 0.287 e. The lowest BCUT2D eigenvalue weighted by atomic mass is 10.1. The van der Waals surface area contributed by atoms with Gasteiger partial charge in [0.15, 0.2) is 5.76 Å². The fraction of sp³-hybridized carbons (Fsp3) is 0.120. The van der Waals surface area contributed by atoms with Crippen molar-refractivity contribution in [1.29, 1.82) is 0 Å². The van der Waals surface area contributed by atoms with E-state index >= 15 is 0 Å². The number of fused-ring (bicyclic) bond motifs is 2. The molecule has 0 bridgehead atoms. The first-order valence-corrected chi connectivity index (χ1v) is 10.2. The molecule has 0 aliphatic carbocycles. The maximum atomic E-state index is 12.9. The minimum Gasteiger partial charge on any atom is -0.489 e. The Kier molecular flexibility index (Phi) is 5.10. The number of nitrogens with zero attached hydrogens (tertiary/aromatic N) is 2. The van der Waals surface area contributed by atoms with E-state index in [2.05, 4.69) is 10.3 Å². The fourth-order valence-corrected chi connectivity index (χ4v) is 3.59. The molecule has 2 aromatic carbocycles. The molecule has 0 radical (unpaired) electrons. The molecule has 3 aromatic heterocycles. The highest BCUT2D eigenvalue weighted by molar-refractivity contribution is 5.99. The molecule has 0 saturated heterocycles. The van der Waals surface area contributed by atoms with E-state index in [0.717, 1.165) is 28.0 Å². The number of rotatable bonds is 7. The van der Waals surface area contributed by atoms with Crippen LogP contribution in [0.3, 0.4) is 0 Å². The van der Waals surface area contributed by atoms with Gasteiger partial charge in [0.2, 0.25) is 0 Å². The Hall–Kier alpha value is -4.06. The molecule has 0 aliphatic rings. The predicted molar refractivity (Wildman–Crippen MR) is 118 cm³/mol. The Labute approximate surface area is 179 Å². The zero-order valence-corrected chi connectivity index (χ0v) is 16.8. The Morgan fingerprint density at radius 2 is 1.81 bits per heavy atom. The number of amides is 1. The van der Waals surface area contributed by atoms with Gasteiger partial charge in [-0.05, 0) is 30.3 Å². The highest BCUT2D eigenvalue weighted by atomic mass is 16.5. The first kappa shape index (κ1) is 18.9. The van der Waals surface area contributed by atoms with E-state index in [0.29, 0.717) is 18.5 Å². The topological polar surface area (TPSA) is 68.8 Å². The van der Waals surface area contributed by atoms with Gasteiger partial charge in [-0.25, -0.2) is 4.98 Å². The molecule has 0 spiro atoms. The number of carbonyl (C=O) groups is 1. The molecule has 1 N–H and O–H groups in total. The normalized spacial score (nSPS) is 11.1. The molecule has 6 nitrogen and oxygen atoms in total. The third kappa shape index (κ3) is 4.00. The van der Waals surface area contributed by atoms with Crippen molar-refractivity contribution < 1.29 is 13.9 Å². The summed E-state index contributed by atoms with van der Waals surface area (Å²) in [5.41, 5.74) is 3.22. The van der Waals surface area contributed by atoms with Crippen LogP contribution in [0.15, 0.2) is 89.6 Å². The number of furan rings is 1. The van der Waals surface area contributed by atoms with Crippen LogP contribution < -0.4 is 10.1 Å². The van der Waals surface area contributed by atoms with E-state index in [4.69, 9.17) is 9.15 Å². The van der Waals surface area contributed by atoms with E-state index in [1.807, 2.05) is 89.6 Å². The summed E-state index contributed by atoms with van der Waals surface area (Å²) in [6.07, 6.45) is 4.56. The number of hydrogen-bond acceptors (Lipinski definition) is 4. The number of para-hydroxylation sites is 2. The molecular weight excluding hydrogens is 390 g/mol. The molecule has 154 valence electrons. The van der Waals surface area contributed by atoms with Crippen molar-refractivity contribution in [2.75, 3.05) is 6.54 Å². The molecule has 0 fully saturated rings. The van der Waals surface area contributed by atoms with Crippen LogP contribution in [0.4, 0.5) is 0 Å². The quantitative estimate of drug-likeness (QED) is 0.424. The van der Waals surface area contributed by atoms with E-state index in [1.165, 1.54) is 0 Å². The average Bonchev–Trinajstić information content (AvgIpc) is 3.39. The summed E-state index contributed by atoms with van der Waals surface area (Å²) in [5, 5.41) is 3.83. The average molecular weight is 411 g/mol. The summed E-state index contributed by atoms with van der Waals surface area (Å²) in [7, 11) is 0. The van der Waals surface area contributed by atoms with Crippen LogP contribution in [0.5, 0.6) is 5.75 Å². The number of benzene rings is 2. The number of imidazole rings is 1. The first-order valence-electron chi connectivity index (χ1n) is 10.2. The second-order valence-electron chi connectivity index (χ2n) is 7.21. The van der Waals surface area contributed by atoms with E-state index in [-0.39, 0.29) is 18.3 Å². The summed E-state index contributed by atoms with van der Waals surface area (Å²) in [6, 6.07) is 23.0. The number of aromatic nitrogens is 2. The molecule has 1 amide bonds. The van der Waals surface area contributed by atoms with Crippen LogP contribution in [0.2, 0.25) is 0 Å². The van der Waals surface area contributed by atoms with Crippen LogP contribution in [0.1, 0.15) is 21.8 Å². The molecule has 0 saturated carbocycles. The van der Waals surface area contributed by atoms with Crippen molar-refractivity contribution in [1.82, 2.24) is 14.7 Å². The Bertz CT molecular complexity index is 1310. The van der Waals surface area contributed by atoms with Gasteiger partial charge in [0, 0.05) is 36.3 Å². The summed E-state index contributed by atoms with van der Waals surface area (Å²) in [5.74, 6) is 0.768. The van der Waals surface area contributed by atoms with Gasteiger partial charge in [-0.1, -0.05) is 42.5 Å². The predicted octanol–water partition coefficient (Wildman–Crippen LogP) is 4.63. The van der Waals surface area contributed by atoms with Gasteiger partial charge in [-0.15, -0.1) is 0 Å². The summed E-state index contributed by atoms with van der Waals surface area (Å²) in [6.45, 7) is 0.703. The lowest BCUT2D eigenvalue weighted by molar-refractivity contribution is 0.0925. The van der Waals surface area contributed by atoms with Crippen LogP contribution in [0, 0.1) is 0 Å². The fourth-order valence-electron chi connectivity index (χ4n) is 3.59. The number of ether oxygens (including phenoxy) is 1. The number of carbonyl (C=O) groups excluding carboxylic acids is 1. The Morgan fingerprint density at radius 1 is 1.00 bits per heavy atom. The van der Waals surface area contributed by atoms with Crippen molar-refractivity contribution in [3.63, 3.8) is 0 Å². The maximum absolute atomic E-state index is 12.9. The van der Waals surface area contributed by atoms with Gasteiger partial charge in [0.25, 0.3) is 5.91 Å². The van der Waals surface area contributed by atoms with Gasteiger partial charge in [0.05, 0.1) is 5.69 Å². The van der Waals surface area contributed by atoms with Gasteiger partial charge in [-0.3, -0.25) is 4.79 Å². The number of pyridine rings is 1. The molecule has 31 heavy (non-hydrogen) atoms. The molecule has 0 aliphatic heterocycles. The monoisotopic (exact) mass is 411 g/mol. The van der Waals surface area contributed by atoms with Crippen molar-refractivity contribution in [2.24, 2.45) is 0 Å². The lowest BCUT2D eigenvalue weighted by Crippen LogP contribution is -2.26. The van der Waals surface area contributed by atoms with Crippen molar-refractivity contribution in [2.45, 2.75) is 13.0 Å². The molecular formula is C25H21N3O3. The third-order valence-electron chi connectivity index (χ3n) is 5.11. The molecule has 3 heterocycles. The van der Waals surface area contributed by atoms with E-state index in [1.54, 1.807) is 0 Å². The lowest BCUT2D eigenvalue weighted by Gasteiger charge is -2.07. The smallest absolute Gasteiger partial charge is 0.287 e. The first-order chi connectivity index (χ1) is 15.3. The second-order valence-corrected chi connectivity index (χ2v) is 7.21. The zero-order valence-electron chi connectivity index (χ0n) is 16.8. The van der Waals surface area contributed by atoms with Gasteiger partial charge < -0.3 is 18.9 Å². The highest BCUT2D eigenvalue weighted by Gasteiger charge is 2.21. The minimum atomic E-state index is -0.258. The number of hydrogen-bond donors (Lipinski definition) is 1. The SMILES string of the molecule is O=C(NCCc1cn2ccccc2n1)c1oc2ccccc2c1COc1ccccc1. The third-order valence-corrected chi connectivity index (χ3v) is 5.11. The highest BCUT2D eigenvalue weighted by Crippen LogP contribution is 2.27. The van der Waals surface area contributed by atoms with Crippen LogP contribution in [0.25, 0.3) is 16.6 Å². The largest absolute Gasteiger partial charge is 0.489 e. The summed E-state index contributed by atoms with van der Waals surface area (Å²) >= 11 is 0. The molecule has 6 heteroatoms. The minimum absolute atomic E-state index is 0.246. The molecule has 5 aromatic rings. The van der Waals surface area contributed by atoms with Gasteiger partial charge >= 0.3 is 0 Å². The van der Waals surface area contributed by atoms with Crippen molar-refractivity contribution in [3.05, 3.63) is 102 Å². The molecule has 0 unspecified atom stereocenters. The van der Waals surface area contributed by atoms with E-state index < -0.39 is 0 Å². The standard InChI is InChI=1S/C25H21N3O3/c29-25(26-14-13-18-16-28-15-7-6-12-23(28)27-18)24-21(17-30-19-8-2-1-3-9-19)20-10-4-5-11-22(20)31-24/h1-12,15-16H,13-14,17H2,(H,26,29). The zero-order chi connectivity index (χ0) is 21.0. The molecule has 0 atom stereocenters. The summed E-state index contributed by atoms with van der Waals surface area (Å²) < 4.78 is 13.8. The van der Waals surface area contributed by atoms with Crippen molar-refractivity contribution in [3.8, 4) is 5.75 Å². The van der Waals surface area contributed by atoms with E-state index in [9.17, 15) is 4.79 Å². The van der Waals surface area contributed by atoms with Gasteiger partial charge in [0.1, 0.15) is 23.6 Å². The van der Waals surface area contributed by atoms with Gasteiger partial charge in [-0.2, -0.15) is 0 Å². The van der Waals surface area contributed by atoms with Crippen LogP contribution in [-0.4, -0.2) is 21.8 Å². The Balaban J connectivity index is 1.31. The Morgan fingerprint density at radius 3 is 2.68 bits per heavy atom. The van der Waals surface area contributed by atoms with Crippen molar-refractivity contribution >= 4 is 22.5 Å². The molecule has 5 rings (SSSR count). The number of nitrogens with one attached hydrogen (secondary N) is 1. The van der Waals surface area contributed by atoms with Crippen LogP contribution in [-0.2, 0) is 13.0 Å². The summed E-state index contributed by atoms with van der Waals surface area (Å²) in [4.78, 5) is 17.5. The van der Waals surface area contributed by atoms with Crippen LogP contribution >= 0.6 is 0 Å².